The highest BCUT2D eigenvalue weighted by Crippen LogP contribution is 2.39. The van der Waals surface area contributed by atoms with E-state index >= 15 is 0 Å². The summed E-state index contributed by atoms with van der Waals surface area (Å²) in [7, 11) is 0. The van der Waals surface area contributed by atoms with Crippen molar-refractivity contribution >= 4 is 39.9 Å². The van der Waals surface area contributed by atoms with E-state index in [4.69, 9.17) is 21.7 Å². The molecular formula is C25H22N4OS2. The summed E-state index contributed by atoms with van der Waals surface area (Å²) in [6, 6.07) is 20.5. The predicted molar refractivity (Wildman–Crippen MR) is 134 cm³/mol. The number of benzene rings is 2. The fraction of sp³-hybridized carbons (Fsp3) is 0.160. The Morgan fingerprint density at radius 2 is 1.66 bits per heavy atom. The zero-order valence-electron chi connectivity index (χ0n) is 18.0. The molecule has 0 saturated carbocycles. The smallest absolute Gasteiger partial charge is 0.258 e. The third-order valence-electron chi connectivity index (χ3n) is 5.59. The van der Waals surface area contributed by atoms with Gasteiger partial charge in [0.2, 0.25) is 5.82 Å². The van der Waals surface area contributed by atoms with E-state index in [9.17, 15) is 0 Å². The van der Waals surface area contributed by atoms with Gasteiger partial charge in [-0.1, -0.05) is 58.7 Å². The minimum absolute atomic E-state index is 0.193. The number of thiophene rings is 1. The molecule has 32 heavy (non-hydrogen) atoms. The van der Waals surface area contributed by atoms with Gasteiger partial charge in [-0.2, -0.15) is 4.98 Å². The van der Waals surface area contributed by atoms with Gasteiger partial charge >= 0.3 is 0 Å². The third kappa shape index (κ3) is 3.74. The topological polar surface area (TPSA) is 54.2 Å². The van der Waals surface area contributed by atoms with E-state index in [1.165, 1.54) is 11.1 Å². The van der Waals surface area contributed by atoms with Gasteiger partial charge in [0.1, 0.15) is 0 Å². The summed E-state index contributed by atoms with van der Waals surface area (Å²) in [5.41, 5.74) is 6.35. The van der Waals surface area contributed by atoms with Crippen molar-refractivity contribution in [3.63, 3.8) is 0 Å². The van der Waals surface area contributed by atoms with Gasteiger partial charge in [0.15, 0.2) is 5.11 Å². The van der Waals surface area contributed by atoms with Crippen LogP contribution in [0.2, 0.25) is 0 Å². The maximum atomic E-state index is 5.81. The number of rotatable bonds is 4. The monoisotopic (exact) mass is 458 g/mol. The fourth-order valence-electron chi connectivity index (χ4n) is 3.87. The number of hydrogen-bond donors (Lipinski definition) is 1. The molecule has 0 aliphatic carbocycles. The lowest BCUT2D eigenvalue weighted by Crippen LogP contribution is -2.46. The Bertz CT molecular complexity index is 1290. The van der Waals surface area contributed by atoms with Crippen LogP contribution in [0, 0.1) is 13.8 Å². The van der Waals surface area contributed by atoms with E-state index in [-0.39, 0.29) is 6.04 Å². The summed E-state index contributed by atoms with van der Waals surface area (Å²) < 4.78 is 5.79. The van der Waals surface area contributed by atoms with Crippen molar-refractivity contribution in [3.05, 3.63) is 94.3 Å². The van der Waals surface area contributed by atoms with Crippen LogP contribution in [-0.2, 0) is 0 Å². The van der Waals surface area contributed by atoms with Gasteiger partial charge in [0.05, 0.1) is 16.5 Å². The molecule has 0 bridgehead atoms. The molecule has 0 fully saturated rings. The van der Waals surface area contributed by atoms with Crippen molar-refractivity contribution in [3.8, 4) is 10.7 Å². The van der Waals surface area contributed by atoms with Crippen LogP contribution in [0.4, 0.5) is 5.69 Å². The summed E-state index contributed by atoms with van der Waals surface area (Å²) in [5, 5.41) is 10.4. The quantitative estimate of drug-likeness (QED) is 0.363. The van der Waals surface area contributed by atoms with E-state index in [1.54, 1.807) is 11.3 Å². The summed E-state index contributed by atoms with van der Waals surface area (Å²) in [4.78, 5) is 7.76. The van der Waals surface area contributed by atoms with E-state index < -0.39 is 0 Å². The van der Waals surface area contributed by atoms with Crippen molar-refractivity contribution in [2.24, 2.45) is 0 Å². The maximum Gasteiger partial charge on any atom is 0.258 e. The Morgan fingerprint density at radius 1 is 0.969 bits per heavy atom. The van der Waals surface area contributed by atoms with Crippen LogP contribution >= 0.6 is 23.6 Å². The molecule has 2 aromatic heterocycles. The van der Waals surface area contributed by atoms with Crippen molar-refractivity contribution in [1.82, 2.24) is 15.5 Å². The number of thiocarbonyl (C=S) groups is 1. The van der Waals surface area contributed by atoms with E-state index in [1.807, 2.05) is 22.4 Å². The number of nitrogens with zero attached hydrogens (tertiary/aromatic N) is 3. The molecule has 5 nitrogen and oxygen atoms in total. The average molecular weight is 459 g/mol. The summed E-state index contributed by atoms with van der Waals surface area (Å²) >= 11 is 7.40. The molecule has 4 aromatic rings. The molecule has 1 atom stereocenters. The zero-order chi connectivity index (χ0) is 22.2. The van der Waals surface area contributed by atoms with Crippen LogP contribution in [0.5, 0.6) is 0 Å². The molecule has 1 unspecified atom stereocenters. The number of nitrogens with one attached hydrogen (secondary N) is 1. The molecule has 1 aliphatic heterocycles. The molecule has 0 saturated heterocycles. The molecule has 2 aromatic carbocycles. The maximum absolute atomic E-state index is 5.81. The molecule has 7 heteroatoms. The molecular weight excluding hydrogens is 436 g/mol. The zero-order valence-corrected chi connectivity index (χ0v) is 19.6. The van der Waals surface area contributed by atoms with Crippen molar-refractivity contribution in [1.29, 1.82) is 0 Å². The van der Waals surface area contributed by atoms with Crippen LogP contribution in [0.1, 0.15) is 35.5 Å². The highest BCUT2D eigenvalue weighted by Gasteiger charge is 2.34. The lowest BCUT2D eigenvalue weighted by atomic mass is 9.94. The standard InChI is InChI=1S/C25H22N4OS2/c1-15-6-10-18(11-7-15)22-21(24-27-23(28-30-24)20-5-4-14-32-20)17(3)29(25(31)26-22)19-12-8-16(2)9-13-19/h4-14,22H,1-3H3,(H,26,31). The number of aromatic nitrogens is 2. The Kier molecular flexibility index (Phi) is 5.36. The number of anilines is 1. The van der Waals surface area contributed by atoms with Crippen LogP contribution in [-0.4, -0.2) is 15.3 Å². The van der Waals surface area contributed by atoms with E-state index in [0.717, 1.165) is 27.4 Å². The third-order valence-corrected chi connectivity index (χ3v) is 6.75. The number of hydrogen-bond acceptors (Lipinski definition) is 5. The molecule has 3 heterocycles. The normalized spacial score (nSPS) is 16.4. The van der Waals surface area contributed by atoms with Crippen LogP contribution in [0.3, 0.4) is 0 Å². The summed E-state index contributed by atoms with van der Waals surface area (Å²) in [6.07, 6.45) is 0. The number of allylic oxidation sites excluding steroid dienone is 1. The van der Waals surface area contributed by atoms with Gasteiger partial charge in [-0.05, 0) is 62.1 Å². The Hall–Kier alpha value is -3.29. The summed E-state index contributed by atoms with van der Waals surface area (Å²) in [6.45, 7) is 6.20. The van der Waals surface area contributed by atoms with Gasteiger partial charge in [-0.25, -0.2) is 0 Å². The van der Waals surface area contributed by atoms with Gasteiger partial charge in [-0.3, -0.25) is 4.90 Å². The van der Waals surface area contributed by atoms with Gasteiger partial charge < -0.3 is 9.84 Å². The van der Waals surface area contributed by atoms with Crippen molar-refractivity contribution in [2.45, 2.75) is 26.8 Å². The average Bonchev–Trinajstić information content (AvgIpc) is 3.47. The second kappa shape index (κ2) is 8.33. The predicted octanol–water partition coefficient (Wildman–Crippen LogP) is 6.28. The van der Waals surface area contributed by atoms with E-state index in [2.05, 4.69) is 79.8 Å². The van der Waals surface area contributed by atoms with Crippen LogP contribution in [0.25, 0.3) is 16.3 Å². The largest absolute Gasteiger partial charge is 0.351 e. The second-order valence-corrected chi connectivity index (χ2v) is 9.20. The first-order chi connectivity index (χ1) is 15.5. The van der Waals surface area contributed by atoms with Gasteiger partial charge in [0.25, 0.3) is 5.89 Å². The molecule has 160 valence electrons. The molecule has 0 amide bonds. The molecule has 0 spiro atoms. The summed E-state index contributed by atoms with van der Waals surface area (Å²) in [5.74, 6) is 1.08. The van der Waals surface area contributed by atoms with Gasteiger partial charge in [-0.15, -0.1) is 11.3 Å². The van der Waals surface area contributed by atoms with Crippen molar-refractivity contribution < 1.29 is 4.52 Å². The lowest BCUT2D eigenvalue weighted by molar-refractivity contribution is 0.404. The van der Waals surface area contributed by atoms with Crippen molar-refractivity contribution in [2.75, 3.05) is 4.90 Å². The SMILES string of the molecule is CC1=C(c2nc(-c3cccs3)no2)C(c2ccc(C)cc2)NC(=S)N1c1ccc(C)cc1. The molecule has 1 aliphatic rings. The molecule has 1 N–H and O–H groups in total. The highest BCUT2D eigenvalue weighted by atomic mass is 32.1. The fourth-order valence-corrected chi connectivity index (χ4v) is 4.88. The minimum atomic E-state index is -0.193. The van der Waals surface area contributed by atoms with Crippen LogP contribution in [0.15, 0.2) is 76.3 Å². The number of aryl methyl sites for hydroxylation is 2. The van der Waals surface area contributed by atoms with Crippen LogP contribution < -0.4 is 10.2 Å². The van der Waals surface area contributed by atoms with Gasteiger partial charge in [0, 0.05) is 11.4 Å². The molecule has 0 radical (unpaired) electrons. The van der Waals surface area contributed by atoms with E-state index in [0.29, 0.717) is 16.8 Å². The Labute approximate surface area is 196 Å². The Morgan fingerprint density at radius 3 is 2.31 bits per heavy atom. The Balaban J connectivity index is 1.66. The minimum Gasteiger partial charge on any atom is -0.351 e. The lowest BCUT2D eigenvalue weighted by Gasteiger charge is -2.37. The molecule has 5 rings (SSSR count). The first kappa shape index (κ1) is 20.6. The second-order valence-electron chi connectivity index (χ2n) is 7.86. The first-order valence-electron chi connectivity index (χ1n) is 10.3. The highest BCUT2D eigenvalue weighted by molar-refractivity contribution is 7.80. The first-order valence-corrected chi connectivity index (χ1v) is 11.6.